The van der Waals surface area contributed by atoms with Crippen LogP contribution in [0.1, 0.15) is 25.8 Å². The summed E-state index contributed by atoms with van der Waals surface area (Å²) >= 11 is 1.66. The van der Waals surface area contributed by atoms with Crippen LogP contribution in [0.2, 0.25) is 0 Å². The van der Waals surface area contributed by atoms with Crippen LogP contribution in [0.3, 0.4) is 0 Å². The molecule has 1 aromatic carbocycles. The van der Waals surface area contributed by atoms with Gasteiger partial charge in [-0.25, -0.2) is 0 Å². The molecule has 0 aliphatic carbocycles. The lowest BCUT2D eigenvalue weighted by Gasteiger charge is -2.24. The number of nitriles is 1. The van der Waals surface area contributed by atoms with Crippen molar-refractivity contribution in [2.75, 3.05) is 30.9 Å². The van der Waals surface area contributed by atoms with Crippen molar-refractivity contribution in [1.29, 1.82) is 5.26 Å². The molecule has 108 valence electrons. The summed E-state index contributed by atoms with van der Waals surface area (Å²) in [6.45, 7) is 5.37. The largest absolute Gasteiger partial charge is 0.469 e. The highest BCUT2D eigenvalue weighted by molar-refractivity contribution is 7.99. The first-order chi connectivity index (χ1) is 9.67. The molecule has 5 heteroatoms. The Balaban J connectivity index is 3.00. The third-order valence-corrected chi connectivity index (χ3v) is 3.89. The number of hydrogen-bond donors (Lipinski definition) is 0. The van der Waals surface area contributed by atoms with E-state index in [-0.39, 0.29) is 5.97 Å². The molecule has 20 heavy (non-hydrogen) atoms. The number of benzene rings is 1. The predicted octanol–water partition coefficient (Wildman–Crippen LogP) is 3.06. The topological polar surface area (TPSA) is 53.3 Å². The fourth-order valence-corrected chi connectivity index (χ4v) is 2.73. The molecule has 0 aliphatic rings. The van der Waals surface area contributed by atoms with Crippen LogP contribution in [0, 0.1) is 11.3 Å². The van der Waals surface area contributed by atoms with E-state index in [1.807, 2.05) is 30.0 Å². The molecule has 0 aromatic heterocycles. The van der Waals surface area contributed by atoms with Gasteiger partial charge in [-0.3, -0.25) is 4.79 Å². The summed E-state index contributed by atoms with van der Waals surface area (Å²) in [7, 11) is 1.39. The molecule has 0 radical (unpaired) electrons. The Kier molecular flexibility index (Phi) is 6.96. The van der Waals surface area contributed by atoms with Crippen LogP contribution in [-0.4, -0.2) is 31.9 Å². The molecule has 0 atom stereocenters. The van der Waals surface area contributed by atoms with Gasteiger partial charge >= 0.3 is 5.97 Å². The Morgan fingerprint density at radius 3 is 2.75 bits per heavy atom. The Bertz CT molecular complexity index is 497. The number of methoxy groups -OCH3 is 1. The molecule has 1 rings (SSSR count). The number of nitrogens with zero attached hydrogens (tertiary/aromatic N) is 2. The molecule has 0 spiro atoms. The van der Waals surface area contributed by atoms with Crippen LogP contribution in [0.15, 0.2) is 23.1 Å². The molecular formula is C15H20N2O2S. The summed E-state index contributed by atoms with van der Waals surface area (Å²) < 4.78 is 4.67. The molecule has 0 fully saturated rings. The molecule has 4 nitrogen and oxygen atoms in total. The molecule has 0 saturated heterocycles. The van der Waals surface area contributed by atoms with Crippen LogP contribution in [0.5, 0.6) is 0 Å². The van der Waals surface area contributed by atoms with Crippen molar-refractivity contribution in [3.05, 3.63) is 23.8 Å². The van der Waals surface area contributed by atoms with Gasteiger partial charge in [-0.05, 0) is 24.8 Å². The fraction of sp³-hybridized carbons (Fsp3) is 0.467. The number of carbonyl (C=O) groups excluding carboxylic acids is 1. The standard InChI is InChI=1S/C15H20N2O2S/c1-4-17(10-9-15(18)19-3)13-7-6-8-14(20-5-2)12(13)11-16/h6-8H,4-5,9-10H2,1-3H3. The zero-order valence-electron chi connectivity index (χ0n) is 12.2. The monoisotopic (exact) mass is 292 g/mol. The second-order valence-electron chi connectivity index (χ2n) is 4.10. The third-order valence-electron chi connectivity index (χ3n) is 2.95. The number of ether oxygens (including phenoxy) is 1. The van der Waals surface area contributed by atoms with Gasteiger partial charge in [-0.15, -0.1) is 11.8 Å². The molecule has 0 saturated carbocycles. The van der Waals surface area contributed by atoms with Gasteiger partial charge in [0.2, 0.25) is 0 Å². The van der Waals surface area contributed by atoms with Crippen LogP contribution >= 0.6 is 11.8 Å². The Morgan fingerprint density at radius 2 is 2.20 bits per heavy atom. The summed E-state index contributed by atoms with van der Waals surface area (Å²) in [6.07, 6.45) is 0.320. The second kappa shape index (κ2) is 8.49. The van der Waals surface area contributed by atoms with Crippen molar-refractivity contribution in [2.24, 2.45) is 0 Å². The molecule has 0 aliphatic heterocycles. The number of hydrogen-bond acceptors (Lipinski definition) is 5. The quantitative estimate of drug-likeness (QED) is 0.571. The van der Waals surface area contributed by atoms with Crippen molar-refractivity contribution >= 4 is 23.4 Å². The average molecular weight is 292 g/mol. The van der Waals surface area contributed by atoms with Gasteiger partial charge in [0.1, 0.15) is 6.07 Å². The number of thioether (sulfide) groups is 1. The molecule has 1 aromatic rings. The number of anilines is 1. The lowest BCUT2D eigenvalue weighted by molar-refractivity contribution is -0.140. The summed E-state index contributed by atoms with van der Waals surface area (Å²) in [5.41, 5.74) is 1.57. The van der Waals surface area contributed by atoms with E-state index in [4.69, 9.17) is 0 Å². The Hall–Kier alpha value is -1.67. The molecule has 0 heterocycles. The van der Waals surface area contributed by atoms with E-state index >= 15 is 0 Å². The maximum atomic E-state index is 11.3. The van der Waals surface area contributed by atoms with Gasteiger partial charge in [-0.1, -0.05) is 13.0 Å². The first-order valence-corrected chi connectivity index (χ1v) is 7.64. The van der Waals surface area contributed by atoms with E-state index in [2.05, 4.69) is 17.7 Å². The van der Waals surface area contributed by atoms with Gasteiger partial charge in [0.05, 0.1) is 24.8 Å². The fourth-order valence-electron chi connectivity index (χ4n) is 1.95. The van der Waals surface area contributed by atoms with E-state index in [9.17, 15) is 10.1 Å². The maximum absolute atomic E-state index is 11.3. The number of esters is 1. The summed E-state index contributed by atoms with van der Waals surface area (Å²) in [5.74, 6) is 0.688. The summed E-state index contributed by atoms with van der Waals surface area (Å²) in [6, 6.07) is 8.13. The predicted molar refractivity (Wildman–Crippen MR) is 82.1 cm³/mol. The molecule has 0 amide bonds. The number of rotatable bonds is 7. The van der Waals surface area contributed by atoms with Crippen molar-refractivity contribution in [2.45, 2.75) is 25.2 Å². The highest BCUT2D eigenvalue weighted by Crippen LogP contribution is 2.30. The highest BCUT2D eigenvalue weighted by Gasteiger charge is 2.14. The van der Waals surface area contributed by atoms with Gasteiger partial charge < -0.3 is 9.64 Å². The van der Waals surface area contributed by atoms with Gasteiger partial charge in [-0.2, -0.15) is 5.26 Å². The zero-order chi connectivity index (χ0) is 15.0. The van der Waals surface area contributed by atoms with Crippen molar-refractivity contribution in [1.82, 2.24) is 0 Å². The Morgan fingerprint density at radius 1 is 1.45 bits per heavy atom. The van der Waals surface area contributed by atoms with Crippen molar-refractivity contribution < 1.29 is 9.53 Å². The minimum Gasteiger partial charge on any atom is -0.469 e. The van der Waals surface area contributed by atoms with Crippen LogP contribution in [-0.2, 0) is 9.53 Å². The summed E-state index contributed by atoms with van der Waals surface area (Å²) in [5, 5.41) is 9.41. The lowest BCUT2D eigenvalue weighted by atomic mass is 10.1. The van der Waals surface area contributed by atoms with Crippen molar-refractivity contribution in [3.8, 4) is 6.07 Å². The second-order valence-corrected chi connectivity index (χ2v) is 5.41. The third kappa shape index (κ3) is 4.17. The van der Waals surface area contributed by atoms with E-state index < -0.39 is 0 Å². The average Bonchev–Trinajstić information content (AvgIpc) is 2.48. The van der Waals surface area contributed by atoms with Crippen molar-refractivity contribution in [3.63, 3.8) is 0 Å². The smallest absolute Gasteiger partial charge is 0.307 e. The summed E-state index contributed by atoms with van der Waals surface area (Å²) in [4.78, 5) is 14.3. The van der Waals surface area contributed by atoms with Gasteiger partial charge in [0.25, 0.3) is 0 Å². The Labute approximate surface area is 124 Å². The highest BCUT2D eigenvalue weighted by atomic mass is 32.2. The van der Waals surface area contributed by atoms with Crippen LogP contribution in [0.25, 0.3) is 0 Å². The first kappa shape index (κ1) is 16.4. The van der Waals surface area contributed by atoms with E-state index in [1.54, 1.807) is 11.8 Å². The zero-order valence-corrected chi connectivity index (χ0v) is 13.0. The van der Waals surface area contributed by atoms with E-state index in [0.29, 0.717) is 18.5 Å². The van der Waals surface area contributed by atoms with E-state index in [0.717, 1.165) is 22.9 Å². The molecular weight excluding hydrogens is 272 g/mol. The minimum absolute atomic E-state index is 0.235. The normalized spacial score (nSPS) is 9.90. The lowest BCUT2D eigenvalue weighted by Crippen LogP contribution is -2.27. The molecule has 0 bridgehead atoms. The first-order valence-electron chi connectivity index (χ1n) is 6.65. The van der Waals surface area contributed by atoms with Crippen LogP contribution < -0.4 is 4.90 Å². The SMILES string of the molecule is CCSc1cccc(N(CC)CCC(=O)OC)c1C#N. The molecule has 0 N–H and O–H groups in total. The van der Waals surface area contributed by atoms with Gasteiger partial charge in [0, 0.05) is 18.0 Å². The number of carbonyl (C=O) groups is 1. The minimum atomic E-state index is -0.235. The van der Waals surface area contributed by atoms with Gasteiger partial charge in [0.15, 0.2) is 0 Å². The molecule has 0 unspecified atom stereocenters. The maximum Gasteiger partial charge on any atom is 0.307 e. The van der Waals surface area contributed by atoms with E-state index in [1.165, 1.54) is 7.11 Å². The van der Waals surface area contributed by atoms with Crippen LogP contribution in [0.4, 0.5) is 5.69 Å².